The smallest absolute Gasteiger partial charge is 0.0625 e. The SMILES string of the molecule is CCCN(Cc1cc(CC)nn1C)C1CNC1. The van der Waals surface area contributed by atoms with Crippen LogP contribution in [0.1, 0.15) is 31.7 Å². The molecule has 96 valence electrons. The number of aryl methyl sites for hydroxylation is 2. The Hall–Kier alpha value is -0.870. The summed E-state index contributed by atoms with van der Waals surface area (Å²) in [5.41, 5.74) is 2.54. The van der Waals surface area contributed by atoms with E-state index in [2.05, 4.69) is 42.3 Å². The second-order valence-corrected chi connectivity index (χ2v) is 4.89. The van der Waals surface area contributed by atoms with Gasteiger partial charge in [0.1, 0.15) is 0 Å². The first-order valence-corrected chi connectivity index (χ1v) is 6.71. The summed E-state index contributed by atoms with van der Waals surface area (Å²) < 4.78 is 2.04. The lowest BCUT2D eigenvalue weighted by atomic mass is 10.1. The maximum absolute atomic E-state index is 4.52. The summed E-state index contributed by atoms with van der Waals surface area (Å²) in [6, 6.07) is 2.96. The molecule has 1 aliphatic rings. The molecule has 1 fully saturated rings. The lowest BCUT2D eigenvalue weighted by molar-refractivity contribution is 0.134. The molecule has 2 rings (SSSR count). The standard InChI is InChI=1S/C13H24N4/c1-4-6-17(13-8-14-9-13)10-12-7-11(5-2)15-16(12)3/h7,13-14H,4-6,8-10H2,1-3H3. The predicted octanol–water partition coefficient (Wildman–Crippen LogP) is 1.17. The third-order valence-electron chi connectivity index (χ3n) is 3.54. The molecule has 0 spiro atoms. The van der Waals surface area contributed by atoms with Crippen molar-refractivity contribution in [2.75, 3.05) is 19.6 Å². The molecule has 0 atom stereocenters. The van der Waals surface area contributed by atoms with Crippen molar-refractivity contribution < 1.29 is 0 Å². The molecule has 0 aromatic carbocycles. The first-order valence-electron chi connectivity index (χ1n) is 6.71. The van der Waals surface area contributed by atoms with Gasteiger partial charge in [-0.05, 0) is 25.5 Å². The number of aromatic nitrogens is 2. The molecule has 0 unspecified atom stereocenters. The van der Waals surface area contributed by atoms with Crippen molar-refractivity contribution in [1.29, 1.82) is 0 Å². The maximum atomic E-state index is 4.52. The summed E-state index contributed by atoms with van der Waals surface area (Å²) in [4.78, 5) is 2.58. The minimum absolute atomic E-state index is 0.718. The molecule has 0 saturated carbocycles. The summed E-state index contributed by atoms with van der Waals surface area (Å²) in [7, 11) is 2.05. The minimum Gasteiger partial charge on any atom is -0.314 e. The number of rotatable bonds is 6. The van der Waals surface area contributed by atoms with E-state index in [0.717, 1.165) is 32.1 Å². The minimum atomic E-state index is 0.718. The third-order valence-corrected chi connectivity index (χ3v) is 3.54. The average molecular weight is 236 g/mol. The summed E-state index contributed by atoms with van der Waals surface area (Å²) >= 11 is 0. The fourth-order valence-corrected chi connectivity index (χ4v) is 2.31. The summed E-state index contributed by atoms with van der Waals surface area (Å²) in [5, 5.41) is 7.87. The number of nitrogens with one attached hydrogen (secondary N) is 1. The van der Waals surface area contributed by atoms with E-state index in [4.69, 9.17) is 0 Å². The number of hydrogen-bond acceptors (Lipinski definition) is 3. The molecule has 1 aromatic heterocycles. The van der Waals surface area contributed by atoms with E-state index >= 15 is 0 Å². The number of hydrogen-bond donors (Lipinski definition) is 1. The van der Waals surface area contributed by atoms with Crippen LogP contribution in [0.5, 0.6) is 0 Å². The fourth-order valence-electron chi connectivity index (χ4n) is 2.31. The molecular weight excluding hydrogens is 212 g/mol. The Morgan fingerprint density at radius 2 is 2.24 bits per heavy atom. The van der Waals surface area contributed by atoms with Crippen molar-refractivity contribution in [3.05, 3.63) is 17.5 Å². The fraction of sp³-hybridized carbons (Fsp3) is 0.769. The highest BCUT2D eigenvalue weighted by molar-refractivity contribution is 5.10. The monoisotopic (exact) mass is 236 g/mol. The van der Waals surface area contributed by atoms with Crippen LogP contribution in [0.15, 0.2) is 6.07 Å². The molecular formula is C13H24N4. The van der Waals surface area contributed by atoms with Gasteiger partial charge in [0.15, 0.2) is 0 Å². The van der Waals surface area contributed by atoms with Crippen LogP contribution in [-0.4, -0.2) is 40.4 Å². The maximum Gasteiger partial charge on any atom is 0.0625 e. The van der Waals surface area contributed by atoms with E-state index in [1.54, 1.807) is 0 Å². The van der Waals surface area contributed by atoms with Crippen molar-refractivity contribution in [2.45, 2.75) is 39.3 Å². The van der Waals surface area contributed by atoms with Gasteiger partial charge in [0.2, 0.25) is 0 Å². The van der Waals surface area contributed by atoms with Crippen LogP contribution in [0.2, 0.25) is 0 Å². The molecule has 1 N–H and O–H groups in total. The highest BCUT2D eigenvalue weighted by Crippen LogP contribution is 2.13. The summed E-state index contributed by atoms with van der Waals surface area (Å²) in [6.07, 6.45) is 2.24. The van der Waals surface area contributed by atoms with Gasteiger partial charge < -0.3 is 5.32 Å². The zero-order valence-electron chi connectivity index (χ0n) is 11.2. The number of nitrogens with zero attached hydrogens (tertiary/aromatic N) is 3. The molecule has 1 aliphatic heterocycles. The van der Waals surface area contributed by atoms with Gasteiger partial charge in [0.25, 0.3) is 0 Å². The molecule has 4 heteroatoms. The zero-order chi connectivity index (χ0) is 12.3. The third kappa shape index (κ3) is 2.87. The van der Waals surface area contributed by atoms with Crippen molar-refractivity contribution in [3.63, 3.8) is 0 Å². The van der Waals surface area contributed by atoms with Crippen LogP contribution in [0.4, 0.5) is 0 Å². The van der Waals surface area contributed by atoms with Crippen LogP contribution in [0, 0.1) is 0 Å². The Kier molecular flexibility index (Phi) is 4.18. The molecule has 0 bridgehead atoms. The largest absolute Gasteiger partial charge is 0.314 e. The highest BCUT2D eigenvalue weighted by Gasteiger charge is 2.24. The first-order chi connectivity index (χ1) is 8.24. The molecule has 17 heavy (non-hydrogen) atoms. The van der Waals surface area contributed by atoms with Crippen LogP contribution >= 0.6 is 0 Å². The van der Waals surface area contributed by atoms with Crippen molar-refractivity contribution >= 4 is 0 Å². The normalized spacial score (nSPS) is 16.5. The lowest BCUT2D eigenvalue weighted by Crippen LogP contribution is -2.57. The predicted molar refractivity (Wildman–Crippen MR) is 69.9 cm³/mol. The zero-order valence-corrected chi connectivity index (χ0v) is 11.2. The van der Waals surface area contributed by atoms with Crippen molar-refractivity contribution in [3.8, 4) is 0 Å². The Labute approximate surface area is 104 Å². The van der Waals surface area contributed by atoms with Gasteiger partial charge in [-0.15, -0.1) is 0 Å². The van der Waals surface area contributed by atoms with Crippen LogP contribution < -0.4 is 5.32 Å². The summed E-state index contributed by atoms with van der Waals surface area (Å²) in [5.74, 6) is 0. The Bertz CT molecular complexity index is 354. The van der Waals surface area contributed by atoms with E-state index in [0.29, 0.717) is 0 Å². The van der Waals surface area contributed by atoms with Crippen molar-refractivity contribution in [1.82, 2.24) is 20.0 Å². The summed E-state index contributed by atoms with van der Waals surface area (Å²) in [6.45, 7) is 8.89. The molecule has 0 radical (unpaired) electrons. The molecule has 2 heterocycles. The molecule has 1 aromatic rings. The van der Waals surface area contributed by atoms with Gasteiger partial charge >= 0.3 is 0 Å². The Morgan fingerprint density at radius 3 is 2.71 bits per heavy atom. The quantitative estimate of drug-likeness (QED) is 0.805. The van der Waals surface area contributed by atoms with Gasteiger partial charge in [0.05, 0.1) is 11.4 Å². The Morgan fingerprint density at radius 1 is 1.47 bits per heavy atom. The van der Waals surface area contributed by atoms with E-state index < -0.39 is 0 Å². The van der Waals surface area contributed by atoms with Gasteiger partial charge in [-0.2, -0.15) is 5.10 Å². The van der Waals surface area contributed by atoms with Crippen LogP contribution in [-0.2, 0) is 20.0 Å². The van der Waals surface area contributed by atoms with Gasteiger partial charge in [-0.25, -0.2) is 0 Å². The van der Waals surface area contributed by atoms with E-state index in [9.17, 15) is 0 Å². The average Bonchev–Trinajstić information content (AvgIpc) is 2.57. The molecule has 1 saturated heterocycles. The molecule has 4 nitrogen and oxygen atoms in total. The van der Waals surface area contributed by atoms with Crippen LogP contribution in [0.3, 0.4) is 0 Å². The second kappa shape index (κ2) is 5.65. The van der Waals surface area contributed by atoms with E-state index in [1.807, 2.05) is 4.68 Å². The highest BCUT2D eigenvalue weighted by atomic mass is 15.3. The topological polar surface area (TPSA) is 33.1 Å². The lowest BCUT2D eigenvalue weighted by Gasteiger charge is -2.38. The van der Waals surface area contributed by atoms with Gasteiger partial charge in [0, 0.05) is 32.7 Å². The first kappa shape index (κ1) is 12.6. The van der Waals surface area contributed by atoms with Crippen molar-refractivity contribution in [2.24, 2.45) is 7.05 Å². The van der Waals surface area contributed by atoms with Crippen LogP contribution in [0.25, 0.3) is 0 Å². The second-order valence-electron chi connectivity index (χ2n) is 4.89. The Balaban J connectivity index is 2.02. The van der Waals surface area contributed by atoms with E-state index in [1.165, 1.54) is 24.4 Å². The van der Waals surface area contributed by atoms with Gasteiger partial charge in [-0.3, -0.25) is 9.58 Å². The van der Waals surface area contributed by atoms with E-state index in [-0.39, 0.29) is 0 Å². The molecule has 0 amide bonds. The van der Waals surface area contributed by atoms with Gasteiger partial charge in [-0.1, -0.05) is 13.8 Å². The molecule has 0 aliphatic carbocycles.